The van der Waals surface area contributed by atoms with Crippen LogP contribution in [0.25, 0.3) is 0 Å². The summed E-state index contributed by atoms with van der Waals surface area (Å²) in [6.45, 7) is 6.63. The zero-order valence-electron chi connectivity index (χ0n) is 8.10. The van der Waals surface area contributed by atoms with E-state index in [2.05, 4.69) is 12.0 Å². The van der Waals surface area contributed by atoms with Crippen LogP contribution in [0, 0.1) is 0 Å². The average Bonchev–Trinajstić information content (AvgIpc) is 2.05. The Hall–Kier alpha value is -0.380. The van der Waals surface area contributed by atoms with Gasteiger partial charge in [0.05, 0.1) is 0 Å². The second-order valence-electron chi connectivity index (χ2n) is 3.14. The molecule has 0 fully saturated rings. The molecule has 0 aromatic carbocycles. The van der Waals surface area contributed by atoms with E-state index in [1.54, 1.807) is 7.11 Å². The predicted octanol–water partition coefficient (Wildman–Crippen LogP) is 1.21. The Morgan fingerprint density at radius 3 is 2.67 bits per heavy atom. The number of allylic oxidation sites excluding steroid dienone is 1. The lowest BCUT2D eigenvalue weighted by Gasteiger charge is -2.14. The first-order chi connectivity index (χ1) is 5.70. The van der Waals surface area contributed by atoms with Crippen molar-refractivity contribution < 1.29 is 4.74 Å². The zero-order chi connectivity index (χ0) is 9.40. The van der Waals surface area contributed by atoms with Crippen molar-refractivity contribution in [2.24, 2.45) is 5.84 Å². The monoisotopic (exact) mass is 172 g/mol. The Morgan fingerprint density at radius 2 is 2.25 bits per heavy atom. The van der Waals surface area contributed by atoms with Crippen LogP contribution in [0.15, 0.2) is 12.2 Å². The van der Waals surface area contributed by atoms with Gasteiger partial charge in [-0.05, 0) is 26.2 Å². The van der Waals surface area contributed by atoms with E-state index in [0.29, 0.717) is 6.04 Å². The van der Waals surface area contributed by atoms with Crippen molar-refractivity contribution >= 4 is 0 Å². The molecular formula is C9H20N2O. The van der Waals surface area contributed by atoms with Crippen LogP contribution < -0.4 is 11.3 Å². The molecule has 72 valence electrons. The van der Waals surface area contributed by atoms with Crippen molar-refractivity contribution in [3.05, 3.63) is 12.2 Å². The maximum atomic E-state index is 5.36. The van der Waals surface area contributed by atoms with E-state index in [1.165, 1.54) is 5.57 Å². The largest absolute Gasteiger partial charge is 0.385 e. The molecular weight excluding hydrogens is 152 g/mol. The van der Waals surface area contributed by atoms with Crippen molar-refractivity contribution in [3.63, 3.8) is 0 Å². The van der Waals surface area contributed by atoms with E-state index >= 15 is 0 Å². The maximum Gasteiger partial charge on any atom is 0.0477 e. The molecule has 0 aromatic rings. The average molecular weight is 172 g/mol. The van der Waals surface area contributed by atoms with E-state index in [1.807, 2.05) is 6.92 Å². The molecule has 3 heteroatoms. The summed E-state index contributed by atoms with van der Waals surface area (Å²) < 4.78 is 4.96. The van der Waals surface area contributed by atoms with Crippen LogP contribution in [0.5, 0.6) is 0 Å². The fourth-order valence-electron chi connectivity index (χ4n) is 0.992. The van der Waals surface area contributed by atoms with Gasteiger partial charge < -0.3 is 4.74 Å². The third-order valence-corrected chi connectivity index (χ3v) is 1.83. The lowest BCUT2D eigenvalue weighted by Crippen LogP contribution is -2.35. The minimum Gasteiger partial charge on any atom is -0.385 e. The molecule has 0 aliphatic heterocycles. The second-order valence-corrected chi connectivity index (χ2v) is 3.14. The van der Waals surface area contributed by atoms with Gasteiger partial charge in [-0.25, -0.2) is 0 Å². The number of nitrogens with two attached hydrogens (primary N) is 1. The van der Waals surface area contributed by atoms with Crippen LogP contribution in [0.4, 0.5) is 0 Å². The van der Waals surface area contributed by atoms with Gasteiger partial charge in [-0.3, -0.25) is 11.3 Å². The standard InChI is InChI=1S/C9H20N2O/c1-8(2)4-5-9(11-10)6-7-12-3/h9,11H,1,4-7,10H2,2-3H3. The normalized spacial score (nSPS) is 12.9. The highest BCUT2D eigenvalue weighted by molar-refractivity contribution is 4.88. The first kappa shape index (κ1) is 11.6. The summed E-state index contributed by atoms with van der Waals surface area (Å²) in [6, 6.07) is 0.349. The number of hydrazine groups is 1. The van der Waals surface area contributed by atoms with E-state index in [0.717, 1.165) is 25.9 Å². The van der Waals surface area contributed by atoms with Gasteiger partial charge in [0.15, 0.2) is 0 Å². The van der Waals surface area contributed by atoms with Gasteiger partial charge in [0.1, 0.15) is 0 Å². The molecule has 0 radical (unpaired) electrons. The summed E-state index contributed by atoms with van der Waals surface area (Å²) in [5.41, 5.74) is 3.97. The third kappa shape index (κ3) is 6.34. The van der Waals surface area contributed by atoms with Gasteiger partial charge in [0.25, 0.3) is 0 Å². The molecule has 0 aromatic heterocycles. The van der Waals surface area contributed by atoms with E-state index in [4.69, 9.17) is 10.6 Å². The Morgan fingerprint density at radius 1 is 1.58 bits per heavy atom. The fourth-order valence-corrected chi connectivity index (χ4v) is 0.992. The minimum atomic E-state index is 0.349. The van der Waals surface area contributed by atoms with Crippen LogP contribution in [0.2, 0.25) is 0 Å². The number of hydrogen-bond acceptors (Lipinski definition) is 3. The van der Waals surface area contributed by atoms with E-state index in [9.17, 15) is 0 Å². The Bertz CT molecular complexity index is 126. The smallest absolute Gasteiger partial charge is 0.0477 e. The molecule has 1 unspecified atom stereocenters. The van der Waals surface area contributed by atoms with Crippen molar-refractivity contribution in [2.45, 2.75) is 32.2 Å². The van der Waals surface area contributed by atoms with Gasteiger partial charge in [-0.1, -0.05) is 5.57 Å². The summed E-state index contributed by atoms with van der Waals surface area (Å²) in [5, 5.41) is 0. The van der Waals surface area contributed by atoms with E-state index < -0.39 is 0 Å². The summed E-state index contributed by atoms with van der Waals surface area (Å²) in [7, 11) is 1.70. The minimum absolute atomic E-state index is 0.349. The van der Waals surface area contributed by atoms with Crippen LogP contribution in [0.3, 0.4) is 0 Å². The molecule has 0 amide bonds. The van der Waals surface area contributed by atoms with Gasteiger partial charge >= 0.3 is 0 Å². The molecule has 0 aliphatic carbocycles. The van der Waals surface area contributed by atoms with Gasteiger partial charge in [-0.15, -0.1) is 6.58 Å². The summed E-state index contributed by atoms with van der Waals surface area (Å²) in [6.07, 6.45) is 3.02. The Kier molecular flexibility index (Phi) is 7.05. The maximum absolute atomic E-state index is 5.36. The molecule has 3 nitrogen and oxygen atoms in total. The Labute approximate surface area is 74.9 Å². The number of ether oxygens (including phenoxy) is 1. The van der Waals surface area contributed by atoms with Gasteiger partial charge in [-0.2, -0.15) is 0 Å². The summed E-state index contributed by atoms with van der Waals surface area (Å²) in [4.78, 5) is 0. The third-order valence-electron chi connectivity index (χ3n) is 1.83. The van der Waals surface area contributed by atoms with Gasteiger partial charge in [0.2, 0.25) is 0 Å². The van der Waals surface area contributed by atoms with E-state index in [-0.39, 0.29) is 0 Å². The SMILES string of the molecule is C=C(C)CCC(CCOC)NN. The van der Waals surface area contributed by atoms with Crippen LogP contribution in [0.1, 0.15) is 26.2 Å². The summed E-state index contributed by atoms with van der Waals surface area (Å²) >= 11 is 0. The molecule has 0 saturated heterocycles. The van der Waals surface area contributed by atoms with Gasteiger partial charge in [0, 0.05) is 19.8 Å². The predicted molar refractivity (Wildman–Crippen MR) is 51.7 cm³/mol. The van der Waals surface area contributed by atoms with Crippen LogP contribution in [-0.2, 0) is 4.74 Å². The quantitative estimate of drug-likeness (QED) is 0.345. The highest BCUT2D eigenvalue weighted by Gasteiger charge is 2.04. The molecule has 1 atom stereocenters. The first-order valence-electron chi connectivity index (χ1n) is 4.30. The molecule has 0 saturated carbocycles. The molecule has 0 bridgehead atoms. The molecule has 0 aliphatic rings. The lowest BCUT2D eigenvalue weighted by molar-refractivity contribution is 0.181. The van der Waals surface area contributed by atoms with Crippen LogP contribution in [-0.4, -0.2) is 19.8 Å². The fraction of sp³-hybridized carbons (Fsp3) is 0.778. The highest BCUT2D eigenvalue weighted by atomic mass is 16.5. The van der Waals surface area contributed by atoms with Crippen molar-refractivity contribution in [3.8, 4) is 0 Å². The number of nitrogens with one attached hydrogen (secondary N) is 1. The molecule has 0 spiro atoms. The zero-order valence-corrected chi connectivity index (χ0v) is 8.10. The first-order valence-corrected chi connectivity index (χ1v) is 4.30. The molecule has 0 rings (SSSR count). The van der Waals surface area contributed by atoms with Crippen molar-refractivity contribution in [1.82, 2.24) is 5.43 Å². The number of methoxy groups -OCH3 is 1. The van der Waals surface area contributed by atoms with Crippen molar-refractivity contribution in [2.75, 3.05) is 13.7 Å². The molecule has 3 N–H and O–H groups in total. The van der Waals surface area contributed by atoms with Crippen molar-refractivity contribution in [1.29, 1.82) is 0 Å². The van der Waals surface area contributed by atoms with Crippen LogP contribution >= 0.6 is 0 Å². The lowest BCUT2D eigenvalue weighted by atomic mass is 10.1. The molecule has 0 heterocycles. The second kappa shape index (κ2) is 7.28. The topological polar surface area (TPSA) is 47.3 Å². The highest BCUT2D eigenvalue weighted by Crippen LogP contribution is 2.06. The molecule has 12 heavy (non-hydrogen) atoms. The number of hydrogen-bond donors (Lipinski definition) is 2. The number of rotatable bonds is 7. The Balaban J connectivity index is 3.45. The summed E-state index contributed by atoms with van der Waals surface area (Å²) in [5.74, 6) is 5.36.